The van der Waals surface area contributed by atoms with Gasteiger partial charge in [-0.1, -0.05) is 6.07 Å². The molecule has 0 bridgehead atoms. The molecule has 0 fully saturated rings. The van der Waals surface area contributed by atoms with Crippen LogP contribution < -0.4 is 0 Å². The van der Waals surface area contributed by atoms with Crippen LogP contribution in [0.1, 0.15) is 5.69 Å². The summed E-state index contributed by atoms with van der Waals surface area (Å²) >= 11 is 0. The third-order valence-corrected chi connectivity index (χ3v) is 2.71. The van der Waals surface area contributed by atoms with Crippen molar-refractivity contribution in [1.29, 1.82) is 0 Å². The van der Waals surface area contributed by atoms with Crippen molar-refractivity contribution >= 4 is 0 Å². The Morgan fingerprint density at radius 3 is 2.48 bits per heavy atom. The molecular weight excluding hydrogens is 283 g/mol. The summed E-state index contributed by atoms with van der Waals surface area (Å²) in [5.74, 6) is 0.697. The minimum Gasteiger partial charge on any atom is -0.257 e. The molecule has 3 heterocycles. The van der Waals surface area contributed by atoms with Crippen molar-refractivity contribution < 1.29 is 13.2 Å². The number of H-pyrrole nitrogens is 1. The van der Waals surface area contributed by atoms with Crippen molar-refractivity contribution in [2.45, 2.75) is 6.18 Å². The van der Waals surface area contributed by atoms with Gasteiger partial charge in [0.15, 0.2) is 11.6 Å². The predicted octanol–water partition coefficient (Wildman–Crippen LogP) is 2.95. The van der Waals surface area contributed by atoms with Crippen LogP contribution in [-0.2, 0) is 6.18 Å². The predicted molar refractivity (Wildman–Crippen MR) is 67.8 cm³/mol. The number of aromatic amines is 1. The lowest BCUT2D eigenvalue weighted by atomic mass is 10.2. The molecule has 0 aliphatic heterocycles. The van der Waals surface area contributed by atoms with Crippen molar-refractivity contribution in [2.24, 2.45) is 0 Å². The van der Waals surface area contributed by atoms with Gasteiger partial charge in [-0.05, 0) is 24.3 Å². The maximum Gasteiger partial charge on any atom is 0.433 e. The summed E-state index contributed by atoms with van der Waals surface area (Å²) in [6.45, 7) is 0. The summed E-state index contributed by atoms with van der Waals surface area (Å²) < 4.78 is 37.3. The molecule has 0 aromatic carbocycles. The summed E-state index contributed by atoms with van der Waals surface area (Å²) in [5.41, 5.74) is 0.0317. The van der Waals surface area contributed by atoms with Crippen molar-refractivity contribution in [3.63, 3.8) is 0 Å². The fraction of sp³-hybridized carbons (Fsp3) is 0.0769. The Labute approximate surface area is 116 Å². The Balaban J connectivity index is 1.90. The molecule has 21 heavy (non-hydrogen) atoms. The second kappa shape index (κ2) is 4.97. The average molecular weight is 291 g/mol. The van der Waals surface area contributed by atoms with Gasteiger partial charge in [-0.25, -0.2) is 4.98 Å². The van der Waals surface area contributed by atoms with Crippen LogP contribution in [0.15, 0.2) is 42.7 Å². The Morgan fingerprint density at radius 1 is 1.00 bits per heavy atom. The fourth-order valence-electron chi connectivity index (χ4n) is 1.70. The zero-order valence-electron chi connectivity index (χ0n) is 10.5. The first kappa shape index (κ1) is 13.2. The number of hydrogen-bond donors (Lipinski definition) is 1. The summed E-state index contributed by atoms with van der Waals surface area (Å²) in [5, 5.41) is 6.65. The zero-order valence-corrected chi connectivity index (χ0v) is 10.5. The van der Waals surface area contributed by atoms with Gasteiger partial charge in [0.05, 0.1) is 0 Å². The van der Waals surface area contributed by atoms with Gasteiger partial charge < -0.3 is 0 Å². The van der Waals surface area contributed by atoms with Crippen LogP contribution in [0, 0.1) is 0 Å². The highest BCUT2D eigenvalue weighted by atomic mass is 19.4. The molecule has 106 valence electrons. The smallest absolute Gasteiger partial charge is 0.257 e. The van der Waals surface area contributed by atoms with E-state index in [-0.39, 0.29) is 5.82 Å². The molecule has 0 aliphatic carbocycles. The molecule has 0 saturated heterocycles. The lowest BCUT2D eigenvalue weighted by Crippen LogP contribution is -2.07. The lowest BCUT2D eigenvalue weighted by molar-refractivity contribution is -0.141. The van der Waals surface area contributed by atoms with E-state index in [2.05, 4.69) is 25.1 Å². The van der Waals surface area contributed by atoms with Gasteiger partial charge >= 0.3 is 6.18 Å². The van der Waals surface area contributed by atoms with Crippen LogP contribution in [0.3, 0.4) is 0 Å². The Bertz CT molecular complexity index is 735. The van der Waals surface area contributed by atoms with Gasteiger partial charge in [0.2, 0.25) is 0 Å². The van der Waals surface area contributed by atoms with Gasteiger partial charge in [0.25, 0.3) is 0 Å². The van der Waals surface area contributed by atoms with Crippen molar-refractivity contribution in [3.05, 3.63) is 48.4 Å². The number of rotatable bonds is 2. The molecule has 3 aromatic heterocycles. The highest BCUT2D eigenvalue weighted by molar-refractivity contribution is 5.58. The molecule has 0 saturated carbocycles. The maximum atomic E-state index is 12.4. The number of nitrogens with zero attached hydrogens (tertiary/aromatic N) is 4. The highest BCUT2D eigenvalue weighted by Crippen LogP contribution is 2.28. The third-order valence-electron chi connectivity index (χ3n) is 2.71. The Hall–Kier alpha value is -2.77. The first-order valence-corrected chi connectivity index (χ1v) is 5.91. The van der Waals surface area contributed by atoms with E-state index in [9.17, 15) is 13.2 Å². The van der Waals surface area contributed by atoms with E-state index in [4.69, 9.17) is 0 Å². The monoisotopic (exact) mass is 291 g/mol. The summed E-state index contributed by atoms with van der Waals surface area (Å²) in [4.78, 5) is 11.7. The zero-order chi connectivity index (χ0) is 14.9. The largest absolute Gasteiger partial charge is 0.433 e. The van der Waals surface area contributed by atoms with Crippen molar-refractivity contribution in [3.8, 4) is 22.9 Å². The molecule has 5 nitrogen and oxygen atoms in total. The van der Waals surface area contributed by atoms with E-state index in [0.717, 1.165) is 12.3 Å². The number of halogens is 3. The van der Waals surface area contributed by atoms with Gasteiger partial charge in [-0.3, -0.25) is 15.1 Å². The topological polar surface area (TPSA) is 67.3 Å². The molecule has 8 heteroatoms. The van der Waals surface area contributed by atoms with E-state index in [1.165, 1.54) is 6.07 Å². The molecule has 3 rings (SSSR count). The molecule has 0 radical (unpaired) electrons. The van der Waals surface area contributed by atoms with Gasteiger partial charge in [-0.2, -0.15) is 18.3 Å². The van der Waals surface area contributed by atoms with Gasteiger partial charge in [0, 0.05) is 18.0 Å². The quantitative estimate of drug-likeness (QED) is 0.788. The van der Waals surface area contributed by atoms with Crippen LogP contribution >= 0.6 is 0 Å². The minimum atomic E-state index is -4.46. The van der Waals surface area contributed by atoms with Crippen LogP contribution in [0.4, 0.5) is 13.2 Å². The van der Waals surface area contributed by atoms with Crippen LogP contribution in [0.2, 0.25) is 0 Å². The van der Waals surface area contributed by atoms with Crippen LogP contribution in [-0.4, -0.2) is 25.1 Å². The van der Waals surface area contributed by atoms with E-state index in [0.29, 0.717) is 17.1 Å². The van der Waals surface area contributed by atoms with Crippen molar-refractivity contribution in [2.75, 3.05) is 0 Å². The summed E-state index contributed by atoms with van der Waals surface area (Å²) in [6, 6.07) is 7.48. The number of hydrogen-bond acceptors (Lipinski definition) is 4. The van der Waals surface area contributed by atoms with Gasteiger partial charge in [-0.15, -0.1) is 0 Å². The molecule has 0 aliphatic rings. The van der Waals surface area contributed by atoms with E-state index in [1.54, 1.807) is 24.4 Å². The molecule has 1 N–H and O–H groups in total. The number of alkyl halides is 3. The van der Waals surface area contributed by atoms with E-state index >= 15 is 0 Å². The molecule has 0 atom stereocenters. The van der Waals surface area contributed by atoms with E-state index < -0.39 is 11.9 Å². The van der Waals surface area contributed by atoms with Crippen LogP contribution in [0.25, 0.3) is 22.9 Å². The molecule has 0 amide bonds. The summed E-state index contributed by atoms with van der Waals surface area (Å²) in [6.07, 6.45) is -1.76. The first-order valence-electron chi connectivity index (χ1n) is 5.91. The van der Waals surface area contributed by atoms with Gasteiger partial charge in [0.1, 0.15) is 11.4 Å². The number of aromatic nitrogens is 5. The Kier molecular flexibility index (Phi) is 3.13. The van der Waals surface area contributed by atoms with Crippen LogP contribution in [0.5, 0.6) is 0 Å². The summed E-state index contributed by atoms with van der Waals surface area (Å²) in [7, 11) is 0. The average Bonchev–Trinajstić information content (AvgIpc) is 2.97. The SMILES string of the molecule is FC(F)(F)c1ccc(-c2n[nH]c(-c3ccccn3)n2)cn1. The second-order valence-corrected chi connectivity index (χ2v) is 4.15. The van der Waals surface area contributed by atoms with Crippen molar-refractivity contribution in [1.82, 2.24) is 25.1 Å². The van der Waals surface area contributed by atoms with E-state index in [1.807, 2.05) is 0 Å². The first-order chi connectivity index (χ1) is 10.0. The maximum absolute atomic E-state index is 12.4. The number of nitrogens with one attached hydrogen (secondary N) is 1. The Morgan fingerprint density at radius 2 is 1.86 bits per heavy atom. The second-order valence-electron chi connectivity index (χ2n) is 4.15. The normalized spacial score (nSPS) is 11.6. The number of pyridine rings is 2. The third kappa shape index (κ3) is 2.73. The lowest BCUT2D eigenvalue weighted by Gasteiger charge is -2.04. The highest BCUT2D eigenvalue weighted by Gasteiger charge is 2.32. The molecule has 3 aromatic rings. The fourth-order valence-corrected chi connectivity index (χ4v) is 1.70. The molecular formula is C13H8F3N5. The molecule has 0 unspecified atom stereocenters. The standard InChI is InChI=1S/C13H8F3N5/c14-13(15,16)10-5-4-8(7-18-10)11-19-12(21-20-11)9-3-1-2-6-17-9/h1-7H,(H,19,20,21). The minimum absolute atomic E-state index is 0.261. The molecule has 0 spiro atoms.